The van der Waals surface area contributed by atoms with Crippen LogP contribution in [0.1, 0.15) is 54.5 Å². The molecule has 0 amide bonds. The lowest BCUT2D eigenvalue weighted by atomic mass is 9.90. The van der Waals surface area contributed by atoms with Crippen molar-refractivity contribution in [2.24, 2.45) is 0 Å². The molecule has 0 spiro atoms. The van der Waals surface area contributed by atoms with E-state index in [0.29, 0.717) is 12.1 Å². The number of aromatic amines is 1. The largest absolute Gasteiger partial charge is 0.357 e. The maximum absolute atomic E-state index is 4.34. The van der Waals surface area contributed by atoms with E-state index in [0.717, 1.165) is 29.8 Å². The first-order chi connectivity index (χ1) is 14.2. The summed E-state index contributed by atoms with van der Waals surface area (Å²) in [7, 11) is 0. The van der Waals surface area contributed by atoms with Crippen LogP contribution in [0.2, 0.25) is 0 Å². The second-order valence-corrected chi connectivity index (χ2v) is 8.04. The fraction of sp³-hybridized carbons (Fsp3) is 0.280. The van der Waals surface area contributed by atoms with Crippen LogP contribution in [0.3, 0.4) is 0 Å². The maximum Gasteiger partial charge on any atom is 0.125 e. The molecule has 2 heterocycles. The van der Waals surface area contributed by atoms with Gasteiger partial charge in [-0.05, 0) is 55.9 Å². The van der Waals surface area contributed by atoms with E-state index in [1.165, 1.54) is 34.1 Å². The average molecular weight is 383 g/mol. The van der Waals surface area contributed by atoms with E-state index in [1.54, 1.807) is 0 Å². The molecule has 5 rings (SSSR count). The number of hydrogen-bond acceptors (Lipinski definition) is 3. The first-order valence-electron chi connectivity index (χ1n) is 10.4. The van der Waals surface area contributed by atoms with E-state index in [1.807, 2.05) is 19.3 Å². The van der Waals surface area contributed by atoms with Gasteiger partial charge in [0.1, 0.15) is 5.82 Å². The van der Waals surface area contributed by atoms with Crippen molar-refractivity contribution in [3.63, 3.8) is 0 Å². The number of H-pyrrole nitrogens is 1. The first-order valence-corrected chi connectivity index (χ1v) is 10.4. The van der Waals surface area contributed by atoms with E-state index in [-0.39, 0.29) is 0 Å². The molecule has 4 heteroatoms. The molecular weight excluding hydrogens is 356 g/mol. The predicted molar refractivity (Wildman–Crippen MR) is 118 cm³/mol. The number of rotatable bonds is 4. The predicted octanol–water partition coefficient (Wildman–Crippen LogP) is 5.66. The molecule has 0 unspecified atom stereocenters. The van der Waals surface area contributed by atoms with Gasteiger partial charge in [-0.2, -0.15) is 0 Å². The molecule has 4 aromatic rings. The topological polar surface area (TPSA) is 53.6 Å². The average Bonchev–Trinajstić information content (AvgIpc) is 3.14. The van der Waals surface area contributed by atoms with Gasteiger partial charge in [0.15, 0.2) is 0 Å². The van der Waals surface area contributed by atoms with Gasteiger partial charge >= 0.3 is 0 Å². The van der Waals surface area contributed by atoms with E-state index < -0.39 is 0 Å². The SMILES string of the molecule is Cc1ncc(-c2ccc3c4c([nH]c3c2)[C@H](N[C@H](C)c2ccccc2)CCC4)cn1. The number of hydrogen-bond donors (Lipinski definition) is 2. The molecule has 4 nitrogen and oxygen atoms in total. The molecule has 146 valence electrons. The lowest BCUT2D eigenvalue weighted by molar-refractivity contribution is 0.410. The van der Waals surface area contributed by atoms with Crippen molar-refractivity contribution in [1.29, 1.82) is 0 Å². The minimum Gasteiger partial charge on any atom is -0.357 e. The second kappa shape index (κ2) is 7.45. The van der Waals surface area contributed by atoms with Crippen LogP contribution >= 0.6 is 0 Å². The van der Waals surface area contributed by atoms with Gasteiger partial charge in [0.05, 0.1) is 0 Å². The normalized spacial score (nSPS) is 17.2. The van der Waals surface area contributed by atoms with E-state index in [4.69, 9.17) is 0 Å². The van der Waals surface area contributed by atoms with Crippen molar-refractivity contribution in [2.45, 2.75) is 45.2 Å². The minimum atomic E-state index is 0.318. The van der Waals surface area contributed by atoms with Crippen LogP contribution < -0.4 is 5.32 Å². The van der Waals surface area contributed by atoms with Gasteiger partial charge in [-0.25, -0.2) is 9.97 Å². The molecule has 0 saturated carbocycles. The van der Waals surface area contributed by atoms with Crippen LogP contribution in [0.5, 0.6) is 0 Å². The number of nitrogens with zero attached hydrogens (tertiary/aromatic N) is 2. The van der Waals surface area contributed by atoms with Crippen molar-refractivity contribution in [2.75, 3.05) is 0 Å². The highest BCUT2D eigenvalue weighted by Crippen LogP contribution is 2.37. The monoisotopic (exact) mass is 382 g/mol. The summed E-state index contributed by atoms with van der Waals surface area (Å²) in [5, 5.41) is 5.20. The minimum absolute atomic E-state index is 0.318. The number of aromatic nitrogens is 3. The van der Waals surface area contributed by atoms with Crippen LogP contribution in [0.15, 0.2) is 60.9 Å². The fourth-order valence-corrected chi connectivity index (χ4v) is 4.50. The molecule has 29 heavy (non-hydrogen) atoms. The summed E-state index contributed by atoms with van der Waals surface area (Å²) in [6.45, 7) is 4.16. The van der Waals surface area contributed by atoms with Crippen molar-refractivity contribution in [1.82, 2.24) is 20.3 Å². The Labute approximate surface area is 171 Å². The number of benzene rings is 2. The van der Waals surface area contributed by atoms with E-state index in [2.05, 4.69) is 75.7 Å². The van der Waals surface area contributed by atoms with Gasteiger partial charge < -0.3 is 10.3 Å². The van der Waals surface area contributed by atoms with Crippen molar-refractivity contribution in [3.05, 3.63) is 83.6 Å². The smallest absolute Gasteiger partial charge is 0.125 e. The molecule has 1 aliphatic carbocycles. The first kappa shape index (κ1) is 18.1. The highest BCUT2D eigenvalue weighted by Gasteiger charge is 2.25. The maximum atomic E-state index is 4.34. The van der Waals surface area contributed by atoms with Crippen LogP contribution in [0.25, 0.3) is 22.0 Å². The number of nitrogens with one attached hydrogen (secondary N) is 2. The Bertz CT molecular complexity index is 1130. The van der Waals surface area contributed by atoms with Gasteiger partial charge in [-0.1, -0.05) is 42.5 Å². The van der Waals surface area contributed by atoms with Crippen molar-refractivity contribution >= 4 is 10.9 Å². The molecule has 0 saturated heterocycles. The Kier molecular flexibility index (Phi) is 4.64. The molecule has 0 radical (unpaired) electrons. The molecule has 2 N–H and O–H groups in total. The summed E-state index contributed by atoms with van der Waals surface area (Å²) in [5.41, 5.74) is 7.56. The van der Waals surface area contributed by atoms with Gasteiger partial charge in [0.2, 0.25) is 0 Å². The Hall–Kier alpha value is -2.98. The summed E-state index contributed by atoms with van der Waals surface area (Å²) in [6, 6.07) is 18.0. The van der Waals surface area contributed by atoms with Gasteiger partial charge in [-0.3, -0.25) is 0 Å². The zero-order valence-corrected chi connectivity index (χ0v) is 16.9. The Morgan fingerprint density at radius 2 is 1.83 bits per heavy atom. The highest BCUT2D eigenvalue weighted by molar-refractivity contribution is 5.89. The molecule has 2 aromatic heterocycles. The molecular formula is C25H26N4. The fourth-order valence-electron chi connectivity index (χ4n) is 4.50. The third kappa shape index (κ3) is 3.45. The number of aryl methyl sites for hydroxylation is 2. The summed E-state index contributed by atoms with van der Waals surface area (Å²) < 4.78 is 0. The highest BCUT2D eigenvalue weighted by atomic mass is 15.0. The molecule has 1 aliphatic rings. The third-order valence-corrected chi connectivity index (χ3v) is 6.07. The van der Waals surface area contributed by atoms with Crippen LogP contribution in [-0.2, 0) is 6.42 Å². The molecule has 0 fully saturated rings. The van der Waals surface area contributed by atoms with Gasteiger partial charge in [0, 0.05) is 46.6 Å². The molecule has 0 bridgehead atoms. The van der Waals surface area contributed by atoms with E-state index >= 15 is 0 Å². The zero-order valence-electron chi connectivity index (χ0n) is 16.9. The summed E-state index contributed by atoms with van der Waals surface area (Å²) in [5.74, 6) is 0.798. The van der Waals surface area contributed by atoms with Gasteiger partial charge in [-0.15, -0.1) is 0 Å². The Balaban J connectivity index is 1.48. The lowest BCUT2D eigenvalue weighted by Gasteiger charge is -2.27. The number of fused-ring (bicyclic) bond motifs is 3. The molecule has 0 aliphatic heterocycles. The van der Waals surface area contributed by atoms with Crippen LogP contribution in [0.4, 0.5) is 0 Å². The van der Waals surface area contributed by atoms with Crippen molar-refractivity contribution < 1.29 is 0 Å². The van der Waals surface area contributed by atoms with E-state index in [9.17, 15) is 0 Å². The van der Waals surface area contributed by atoms with Crippen molar-refractivity contribution in [3.8, 4) is 11.1 Å². The summed E-state index contributed by atoms with van der Waals surface area (Å²) in [6.07, 6.45) is 7.32. The summed E-state index contributed by atoms with van der Waals surface area (Å²) in [4.78, 5) is 12.4. The van der Waals surface area contributed by atoms with Gasteiger partial charge in [0.25, 0.3) is 0 Å². The zero-order chi connectivity index (χ0) is 19.8. The Morgan fingerprint density at radius 1 is 1.03 bits per heavy atom. The standard InChI is InChI=1S/C25H26N4/c1-16(18-7-4-3-5-8-18)28-23-10-6-9-22-21-12-11-19(13-24(21)29-25(22)23)20-14-26-17(2)27-15-20/h3-5,7-8,11-16,23,28-29H,6,9-10H2,1-2H3/t16-,23-/m1/s1. The third-order valence-electron chi connectivity index (χ3n) is 6.07. The van der Waals surface area contributed by atoms with Crippen LogP contribution in [-0.4, -0.2) is 15.0 Å². The Morgan fingerprint density at radius 3 is 2.62 bits per heavy atom. The summed E-state index contributed by atoms with van der Waals surface area (Å²) >= 11 is 0. The molecule has 2 atom stereocenters. The second-order valence-electron chi connectivity index (χ2n) is 8.04. The molecule has 2 aromatic carbocycles. The lowest BCUT2D eigenvalue weighted by Crippen LogP contribution is -2.27. The quantitative estimate of drug-likeness (QED) is 0.479. The van der Waals surface area contributed by atoms with Crippen LogP contribution in [0, 0.1) is 6.92 Å².